The topological polar surface area (TPSA) is 54.9 Å². The number of rotatable bonds is 7. The molecule has 20 heavy (non-hydrogen) atoms. The van der Waals surface area contributed by atoms with Gasteiger partial charge in [-0.2, -0.15) is 0 Å². The molecule has 0 aliphatic carbocycles. The van der Waals surface area contributed by atoms with Crippen LogP contribution in [0.25, 0.3) is 0 Å². The van der Waals surface area contributed by atoms with Gasteiger partial charge in [0.05, 0.1) is 5.75 Å². The van der Waals surface area contributed by atoms with Crippen LogP contribution in [0.1, 0.15) is 25.3 Å². The minimum atomic E-state index is -0.0218. The minimum Gasteiger partial charge on any atom is -0.325 e. The van der Waals surface area contributed by atoms with Crippen LogP contribution in [-0.2, 0) is 11.2 Å². The summed E-state index contributed by atoms with van der Waals surface area (Å²) in [5.74, 6) is 0.332. The van der Waals surface area contributed by atoms with E-state index < -0.39 is 0 Å². The summed E-state index contributed by atoms with van der Waals surface area (Å²) in [6, 6.07) is 8.06. The first-order valence-corrected chi connectivity index (χ1v) is 8.42. The van der Waals surface area contributed by atoms with Gasteiger partial charge in [0.25, 0.3) is 0 Å². The van der Waals surface area contributed by atoms with Crippen molar-refractivity contribution in [3.8, 4) is 0 Å². The first-order valence-electron chi connectivity index (χ1n) is 6.55. The van der Waals surface area contributed by atoms with E-state index in [9.17, 15) is 4.79 Å². The number of aryl methyl sites for hydroxylation is 1. The van der Waals surface area contributed by atoms with Crippen LogP contribution in [0, 0.1) is 0 Å². The fraction of sp³-hybridized carbons (Fsp3) is 0.357. The van der Waals surface area contributed by atoms with Gasteiger partial charge < -0.3 is 5.32 Å². The average Bonchev–Trinajstić information content (AvgIpc) is 2.98. The Morgan fingerprint density at radius 1 is 1.35 bits per heavy atom. The Balaban J connectivity index is 1.78. The molecule has 6 heteroatoms. The average molecular weight is 307 g/mol. The van der Waals surface area contributed by atoms with Crippen LogP contribution in [-0.4, -0.2) is 21.9 Å². The minimum absolute atomic E-state index is 0.0218. The number of carbonyl (C=O) groups is 1. The van der Waals surface area contributed by atoms with Crippen LogP contribution >= 0.6 is 23.1 Å². The van der Waals surface area contributed by atoms with Crippen molar-refractivity contribution in [2.24, 2.45) is 0 Å². The lowest BCUT2D eigenvalue weighted by molar-refractivity contribution is -0.113. The van der Waals surface area contributed by atoms with E-state index in [1.54, 1.807) is 5.51 Å². The normalized spacial score (nSPS) is 10.4. The van der Waals surface area contributed by atoms with Gasteiger partial charge in [-0.1, -0.05) is 48.6 Å². The number of carbonyl (C=O) groups excluding carboxylic acids is 1. The predicted octanol–water partition coefficient (Wildman–Crippen LogP) is 3.61. The first-order chi connectivity index (χ1) is 9.78. The van der Waals surface area contributed by atoms with Gasteiger partial charge in [-0.25, -0.2) is 0 Å². The molecule has 0 radical (unpaired) electrons. The summed E-state index contributed by atoms with van der Waals surface area (Å²) in [5, 5.41) is 10.5. The highest BCUT2D eigenvalue weighted by Crippen LogP contribution is 2.19. The largest absolute Gasteiger partial charge is 0.325 e. The third kappa shape index (κ3) is 4.94. The summed E-state index contributed by atoms with van der Waals surface area (Å²) < 4.78 is 0.815. The molecule has 4 nitrogen and oxygen atoms in total. The lowest BCUT2D eigenvalue weighted by atomic mass is 10.1. The van der Waals surface area contributed by atoms with Gasteiger partial charge in [-0.15, -0.1) is 10.2 Å². The molecule has 1 N–H and O–H groups in total. The molecule has 0 bridgehead atoms. The molecule has 1 amide bonds. The maximum absolute atomic E-state index is 11.8. The van der Waals surface area contributed by atoms with E-state index in [1.807, 2.05) is 12.1 Å². The Bertz CT molecular complexity index is 526. The third-order valence-electron chi connectivity index (χ3n) is 2.72. The van der Waals surface area contributed by atoms with Crippen LogP contribution in [0.3, 0.4) is 0 Å². The van der Waals surface area contributed by atoms with Crippen LogP contribution in [0.15, 0.2) is 34.1 Å². The van der Waals surface area contributed by atoms with Gasteiger partial charge in [0, 0.05) is 5.69 Å². The number of thioether (sulfide) groups is 1. The van der Waals surface area contributed by atoms with Crippen LogP contribution in [0.4, 0.5) is 5.69 Å². The zero-order valence-corrected chi connectivity index (χ0v) is 13.0. The molecule has 1 aromatic carbocycles. The fourth-order valence-electron chi connectivity index (χ4n) is 1.69. The highest BCUT2D eigenvalue weighted by atomic mass is 32.2. The highest BCUT2D eigenvalue weighted by molar-refractivity contribution is 8.01. The molecular weight excluding hydrogens is 290 g/mol. The van der Waals surface area contributed by atoms with Crippen molar-refractivity contribution in [2.45, 2.75) is 30.5 Å². The molecule has 0 unspecified atom stereocenters. The molecule has 2 aromatic rings. The Kier molecular flexibility index (Phi) is 6.01. The van der Waals surface area contributed by atoms with Crippen molar-refractivity contribution in [3.63, 3.8) is 0 Å². The number of amides is 1. The summed E-state index contributed by atoms with van der Waals surface area (Å²) in [6.45, 7) is 2.18. The second-order valence-electron chi connectivity index (χ2n) is 4.34. The summed E-state index contributed by atoms with van der Waals surface area (Å²) >= 11 is 2.84. The lowest BCUT2D eigenvalue weighted by Crippen LogP contribution is -2.13. The molecule has 0 saturated heterocycles. The predicted molar refractivity (Wildman–Crippen MR) is 84.3 cm³/mol. The van der Waals surface area contributed by atoms with Gasteiger partial charge in [0.15, 0.2) is 4.34 Å². The monoisotopic (exact) mass is 307 g/mol. The molecule has 0 spiro atoms. The quantitative estimate of drug-likeness (QED) is 0.794. The van der Waals surface area contributed by atoms with Crippen molar-refractivity contribution in [1.29, 1.82) is 0 Å². The van der Waals surface area contributed by atoms with E-state index in [0.29, 0.717) is 5.75 Å². The Morgan fingerprint density at radius 2 is 2.15 bits per heavy atom. The van der Waals surface area contributed by atoms with Crippen LogP contribution in [0.2, 0.25) is 0 Å². The standard InChI is InChI=1S/C14H17N3OS2/c1-2-3-4-11-5-7-12(8-6-11)16-13(18)9-19-14-17-15-10-20-14/h5-8,10H,2-4,9H2,1H3,(H,16,18). The molecule has 0 atom stereocenters. The van der Waals surface area contributed by atoms with Crippen molar-refractivity contribution in [1.82, 2.24) is 10.2 Å². The molecule has 1 heterocycles. The molecule has 1 aromatic heterocycles. The summed E-state index contributed by atoms with van der Waals surface area (Å²) in [6.07, 6.45) is 3.49. The Hall–Kier alpha value is -1.40. The maximum atomic E-state index is 11.8. The number of benzene rings is 1. The van der Waals surface area contributed by atoms with E-state index in [2.05, 4.69) is 34.6 Å². The molecule has 0 fully saturated rings. The number of nitrogens with one attached hydrogen (secondary N) is 1. The number of aromatic nitrogens is 2. The number of nitrogens with zero attached hydrogens (tertiary/aromatic N) is 2. The lowest BCUT2D eigenvalue weighted by Gasteiger charge is -2.05. The van der Waals surface area contributed by atoms with E-state index in [0.717, 1.165) is 16.4 Å². The van der Waals surface area contributed by atoms with Gasteiger partial charge in [0.1, 0.15) is 5.51 Å². The molecule has 2 rings (SSSR count). The third-order valence-corrected chi connectivity index (χ3v) is 4.58. The SMILES string of the molecule is CCCCc1ccc(NC(=O)CSc2nncs2)cc1. The van der Waals surface area contributed by atoms with Crippen molar-refractivity contribution < 1.29 is 4.79 Å². The Morgan fingerprint density at radius 3 is 2.80 bits per heavy atom. The van der Waals surface area contributed by atoms with Crippen molar-refractivity contribution >= 4 is 34.7 Å². The molecule has 106 valence electrons. The summed E-state index contributed by atoms with van der Waals surface area (Å²) in [4.78, 5) is 11.8. The fourth-order valence-corrected chi connectivity index (χ4v) is 2.97. The molecule has 0 aliphatic heterocycles. The van der Waals surface area contributed by atoms with Gasteiger partial charge in [-0.05, 0) is 30.5 Å². The molecular formula is C14H17N3OS2. The first kappa shape index (κ1) is 15.0. The van der Waals surface area contributed by atoms with Crippen LogP contribution < -0.4 is 5.32 Å². The zero-order chi connectivity index (χ0) is 14.2. The van der Waals surface area contributed by atoms with Gasteiger partial charge >= 0.3 is 0 Å². The summed E-state index contributed by atoms with van der Waals surface area (Å²) in [7, 11) is 0. The second kappa shape index (κ2) is 8.01. The van der Waals surface area contributed by atoms with Gasteiger partial charge in [-0.3, -0.25) is 4.79 Å². The van der Waals surface area contributed by atoms with E-state index in [-0.39, 0.29) is 5.91 Å². The van der Waals surface area contributed by atoms with E-state index >= 15 is 0 Å². The number of unbranched alkanes of at least 4 members (excludes halogenated alkanes) is 1. The van der Waals surface area contributed by atoms with E-state index in [4.69, 9.17) is 0 Å². The van der Waals surface area contributed by atoms with E-state index in [1.165, 1.54) is 41.5 Å². The molecule has 0 aliphatic rings. The number of anilines is 1. The maximum Gasteiger partial charge on any atom is 0.234 e. The number of hydrogen-bond acceptors (Lipinski definition) is 5. The summed E-state index contributed by atoms with van der Waals surface area (Å²) in [5.41, 5.74) is 3.82. The second-order valence-corrected chi connectivity index (χ2v) is 6.40. The Labute approximate surface area is 127 Å². The van der Waals surface area contributed by atoms with Gasteiger partial charge in [0.2, 0.25) is 5.91 Å². The smallest absolute Gasteiger partial charge is 0.234 e. The van der Waals surface area contributed by atoms with Crippen molar-refractivity contribution in [3.05, 3.63) is 35.3 Å². The van der Waals surface area contributed by atoms with Crippen LogP contribution in [0.5, 0.6) is 0 Å². The molecule has 0 saturated carbocycles. The zero-order valence-electron chi connectivity index (χ0n) is 11.3. The van der Waals surface area contributed by atoms with Crippen molar-refractivity contribution in [2.75, 3.05) is 11.1 Å². The number of hydrogen-bond donors (Lipinski definition) is 1. The highest BCUT2D eigenvalue weighted by Gasteiger charge is 2.05.